The van der Waals surface area contributed by atoms with Gasteiger partial charge in [-0.1, -0.05) is 11.6 Å². The van der Waals surface area contributed by atoms with Crippen LogP contribution in [0.1, 0.15) is 12.8 Å². The van der Waals surface area contributed by atoms with Gasteiger partial charge in [0.25, 0.3) is 0 Å². The second-order valence-corrected chi connectivity index (χ2v) is 7.14. The number of hydrogen-bond acceptors (Lipinski definition) is 7. The first-order chi connectivity index (χ1) is 12.6. The molecule has 1 unspecified atom stereocenters. The molecule has 1 N–H and O–H groups in total. The van der Waals surface area contributed by atoms with Crippen molar-refractivity contribution in [2.24, 2.45) is 0 Å². The Bertz CT molecular complexity index is 800. The highest BCUT2D eigenvalue weighted by atomic mass is 35.5. The third-order valence-corrected chi connectivity index (χ3v) is 5.36. The van der Waals surface area contributed by atoms with Gasteiger partial charge >= 0.3 is 6.01 Å². The van der Waals surface area contributed by atoms with Crippen LogP contribution in [0.3, 0.4) is 0 Å². The number of piperazine rings is 1. The third-order valence-electron chi connectivity index (χ3n) is 5.09. The van der Waals surface area contributed by atoms with Crippen molar-refractivity contribution in [2.45, 2.75) is 18.9 Å². The highest BCUT2D eigenvalue weighted by Crippen LogP contribution is 2.30. The van der Waals surface area contributed by atoms with Gasteiger partial charge in [-0.15, -0.1) is 0 Å². The number of halogens is 2. The Morgan fingerprint density at radius 1 is 1.31 bits per heavy atom. The van der Waals surface area contributed by atoms with E-state index in [1.165, 1.54) is 6.20 Å². The molecule has 0 aromatic carbocycles. The molecule has 2 saturated heterocycles. The average Bonchev–Trinajstić information content (AvgIpc) is 3.08. The number of nitrogens with zero attached hydrogens (tertiary/aromatic N) is 5. The largest absolute Gasteiger partial charge is 0.462 e. The van der Waals surface area contributed by atoms with Crippen molar-refractivity contribution in [3.63, 3.8) is 0 Å². The van der Waals surface area contributed by atoms with Crippen molar-refractivity contribution in [3.05, 3.63) is 17.2 Å². The molecule has 0 saturated carbocycles. The van der Waals surface area contributed by atoms with Crippen molar-refractivity contribution in [2.75, 3.05) is 51.3 Å². The lowest BCUT2D eigenvalue weighted by atomic mass is 10.2. The van der Waals surface area contributed by atoms with Gasteiger partial charge < -0.3 is 19.9 Å². The zero-order chi connectivity index (χ0) is 18.1. The zero-order valence-electron chi connectivity index (χ0n) is 14.7. The van der Waals surface area contributed by atoms with E-state index in [4.69, 9.17) is 16.3 Å². The molecule has 0 amide bonds. The summed E-state index contributed by atoms with van der Waals surface area (Å²) in [5, 5.41) is 3.67. The average molecular weight is 381 g/mol. The van der Waals surface area contributed by atoms with Crippen LogP contribution in [0, 0.1) is 5.82 Å². The van der Waals surface area contributed by atoms with E-state index in [9.17, 15) is 4.39 Å². The van der Waals surface area contributed by atoms with Crippen LogP contribution in [0.25, 0.3) is 10.9 Å². The highest BCUT2D eigenvalue weighted by molar-refractivity contribution is 6.30. The maximum Gasteiger partial charge on any atom is 0.319 e. The summed E-state index contributed by atoms with van der Waals surface area (Å²) in [5.41, 5.74) is 0.156. The molecule has 2 aromatic rings. The van der Waals surface area contributed by atoms with Crippen LogP contribution in [0.2, 0.25) is 5.15 Å². The monoisotopic (exact) mass is 380 g/mol. The first-order valence-electron chi connectivity index (χ1n) is 8.94. The van der Waals surface area contributed by atoms with Crippen molar-refractivity contribution in [1.29, 1.82) is 0 Å². The van der Waals surface area contributed by atoms with Crippen LogP contribution in [0.4, 0.5) is 10.2 Å². The molecular formula is C17H22ClFN6O. The van der Waals surface area contributed by atoms with E-state index in [0.29, 0.717) is 23.9 Å². The van der Waals surface area contributed by atoms with E-state index in [1.807, 2.05) is 0 Å². The van der Waals surface area contributed by atoms with Gasteiger partial charge in [0.2, 0.25) is 0 Å². The van der Waals surface area contributed by atoms with E-state index in [0.717, 1.165) is 45.6 Å². The standard InChI is InChI=1S/C17H22ClFN6O/c1-24-6-2-3-11(24)10-26-17-22-14-12(9-21-15(18)13(14)19)16(23-17)25-7-4-20-5-8-25/h9,11,20H,2-8,10H2,1H3. The van der Waals surface area contributed by atoms with Gasteiger partial charge in [0.15, 0.2) is 11.0 Å². The Hall–Kier alpha value is -1.77. The van der Waals surface area contributed by atoms with Gasteiger partial charge in [0, 0.05) is 38.4 Å². The maximum absolute atomic E-state index is 14.5. The fraction of sp³-hybridized carbons (Fsp3) is 0.588. The molecule has 2 aliphatic heterocycles. The molecule has 2 aromatic heterocycles. The number of rotatable bonds is 4. The molecule has 0 aliphatic carbocycles. The van der Waals surface area contributed by atoms with Crippen LogP contribution in [0.15, 0.2) is 6.20 Å². The molecule has 0 radical (unpaired) electrons. The summed E-state index contributed by atoms with van der Waals surface area (Å²) >= 11 is 5.86. The second kappa shape index (κ2) is 7.46. The number of likely N-dealkylation sites (tertiary alicyclic amines) is 1. The van der Waals surface area contributed by atoms with Crippen molar-refractivity contribution in [3.8, 4) is 6.01 Å². The van der Waals surface area contributed by atoms with E-state index < -0.39 is 5.82 Å². The zero-order valence-corrected chi connectivity index (χ0v) is 15.5. The molecule has 1 atom stereocenters. The predicted molar refractivity (Wildman–Crippen MR) is 98.5 cm³/mol. The van der Waals surface area contributed by atoms with Crippen LogP contribution < -0.4 is 15.0 Å². The molecule has 4 rings (SSSR count). The molecule has 7 nitrogen and oxygen atoms in total. The summed E-state index contributed by atoms with van der Waals surface area (Å²) in [4.78, 5) is 17.2. The summed E-state index contributed by atoms with van der Waals surface area (Å²) in [5.74, 6) is 0.0140. The Morgan fingerprint density at radius 2 is 2.12 bits per heavy atom. The molecule has 4 heterocycles. The SMILES string of the molecule is CN1CCCC1COc1nc(N2CCNCC2)c2cnc(Cl)c(F)c2n1. The van der Waals surface area contributed by atoms with Crippen LogP contribution in [0.5, 0.6) is 6.01 Å². The number of ether oxygens (including phenoxy) is 1. The molecule has 0 bridgehead atoms. The van der Waals surface area contributed by atoms with Crippen molar-refractivity contribution >= 4 is 28.3 Å². The number of anilines is 1. The van der Waals surface area contributed by atoms with E-state index in [2.05, 4.69) is 37.1 Å². The number of fused-ring (bicyclic) bond motifs is 1. The van der Waals surface area contributed by atoms with Crippen LogP contribution in [-0.2, 0) is 0 Å². The highest BCUT2D eigenvalue weighted by Gasteiger charge is 2.24. The lowest BCUT2D eigenvalue weighted by Gasteiger charge is -2.29. The topological polar surface area (TPSA) is 66.4 Å². The molecule has 0 spiro atoms. The Labute approximate surface area is 156 Å². The normalized spacial score (nSPS) is 21.5. The van der Waals surface area contributed by atoms with E-state index >= 15 is 0 Å². The summed E-state index contributed by atoms with van der Waals surface area (Å²) in [6, 6.07) is 0.523. The third kappa shape index (κ3) is 3.41. The number of aromatic nitrogens is 3. The summed E-state index contributed by atoms with van der Waals surface area (Å²) < 4.78 is 20.4. The number of likely N-dealkylation sites (N-methyl/N-ethyl adjacent to an activating group) is 1. The molecule has 26 heavy (non-hydrogen) atoms. The van der Waals surface area contributed by atoms with Gasteiger partial charge in [-0.05, 0) is 26.4 Å². The maximum atomic E-state index is 14.5. The van der Waals surface area contributed by atoms with Gasteiger partial charge in [0.05, 0.1) is 5.39 Å². The number of hydrogen-bond donors (Lipinski definition) is 1. The summed E-state index contributed by atoms with van der Waals surface area (Å²) in [6.45, 7) is 4.80. The Balaban J connectivity index is 1.69. The minimum Gasteiger partial charge on any atom is -0.462 e. The van der Waals surface area contributed by atoms with Gasteiger partial charge in [-0.25, -0.2) is 9.37 Å². The quantitative estimate of drug-likeness (QED) is 0.810. The summed E-state index contributed by atoms with van der Waals surface area (Å²) in [7, 11) is 2.08. The minimum atomic E-state index is -0.634. The van der Waals surface area contributed by atoms with Gasteiger partial charge in [-0.2, -0.15) is 9.97 Å². The first kappa shape index (κ1) is 17.6. The van der Waals surface area contributed by atoms with Gasteiger partial charge in [0.1, 0.15) is 17.9 Å². The molecule has 2 aliphatic rings. The lowest BCUT2D eigenvalue weighted by Crippen LogP contribution is -2.44. The van der Waals surface area contributed by atoms with E-state index in [1.54, 1.807) is 0 Å². The lowest BCUT2D eigenvalue weighted by molar-refractivity contribution is 0.188. The first-order valence-corrected chi connectivity index (χ1v) is 9.31. The molecule has 140 valence electrons. The number of nitrogens with one attached hydrogen (secondary N) is 1. The van der Waals surface area contributed by atoms with E-state index in [-0.39, 0.29) is 16.7 Å². The predicted octanol–water partition coefficient (Wildman–Crippen LogP) is 1.70. The Morgan fingerprint density at radius 3 is 2.85 bits per heavy atom. The molecule has 2 fully saturated rings. The Kier molecular flexibility index (Phi) is 5.06. The van der Waals surface area contributed by atoms with Crippen molar-refractivity contribution in [1.82, 2.24) is 25.2 Å². The van der Waals surface area contributed by atoms with Crippen molar-refractivity contribution < 1.29 is 9.13 Å². The fourth-order valence-electron chi connectivity index (χ4n) is 3.54. The van der Waals surface area contributed by atoms with Crippen LogP contribution in [-0.4, -0.2) is 72.3 Å². The minimum absolute atomic E-state index is 0.156. The number of pyridine rings is 1. The van der Waals surface area contributed by atoms with Gasteiger partial charge in [-0.3, -0.25) is 0 Å². The second-order valence-electron chi connectivity index (χ2n) is 6.78. The molecular weight excluding hydrogens is 359 g/mol. The molecule has 9 heteroatoms. The smallest absolute Gasteiger partial charge is 0.319 e. The fourth-order valence-corrected chi connectivity index (χ4v) is 3.68. The summed E-state index contributed by atoms with van der Waals surface area (Å²) in [6.07, 6.45) is 3.77. The van der Waals surface area contributed by atoms with Crippen LogP contribution >= 0.6 is 11.6 Å².